The lowest BCUT2D eigenvalue weighted by molar-refractivity contribution is -0.128. The molecule has 1 aliphatic rings. The largest absolute Gasteiger partial charge is 0.361 e. The van der Waals surface area contributed by atoms with Crippen LogP contribution in [0.3, 0.4) is 0 Å². The highest BCUT2D eigenvalue weighted by Gasteiger charge is 2.36. The molecule has 0 spiro atoms. The Hall–Kier alpha value is -2.11. The molecule has 0 saturated carbocycles. The number of aryl methyl sites for hydroxylation is 1. The van der Waals surface area contributed by atoms with Crippen LogP contribution in [0.15, 0.2) is 23.2 Å². The third-order valence-corrected chi connectivity index (χ3v) is 2.81. The van der Waals surface area contributed by atoms with Gasteiger partial charge in [-0.15, -0.1) is 6.58 Å². The number of nitrogens with one attached hydrogen (secondary N) is 1. The number of hydrogen-bond acceptors (Lipinski definition) is 4. The van der Waals surface area contributed by atoms with Gasteiger partial charge in [0.15, 0.2) is 5.69 Å². The first-order chi connectivity index (χ1) is 8.61. The Morgan fingerprint density at radius 1 is 1.67 bits per heavy atom. The summed E-state index contributed by atoms with van der Waals surface area (Å²) in [6.45, 7) is 6.55. The van der Waals surface area contributed by atoms with Gasteiger partial charge in [0.05, 0.1) is 5.92 Å². The Kier molecular flexibility index (Phi) is 3.45. The fraction of sp³-hybridized carbons (Fsp3) is 0.417. The number of carbonyl (C=O) groups is 2. The van der Waals surface area contributed by atoms with Crippen LogP contribution in [0.1, 0.15) is 16.2 Å². The van der Waals surface area contributed by atoms with Gasteiger partial charge in [-0.1, -0.05) is 11.2 Å². The van der Waals surface area contributed by atoms with Crippen molar-refractivity contribution >= 4 is 11.8 Å². The van der Waals surface area contributed by atoms with Crippen molar-refractivity contribution in [1.29, 1.82) is 0 Å². The van der Waals surface area contributed by atoms with Crippen molar-refractivity contribution in [3.8, 4) is 0 Å². The summed E-state index contributed by atoms with van der Waals surface area (Å²) in [5, 5.41) is 6.37. The summed E-state index contributed by atoms with van der Waals surface area (Å²) >= 11 is 0. The molecule has 2 amide bonds. The Balaban J connectivity index is 1.84. The zero-order chi connectivity index (χ0) is 13.1. The number of rotatable bonds is 4. The molecule has 1 saturated heterocycles. The van der Waals surface area contributed by atoms with Crippen molar-refractivity contribution in [3.05, 3.63) is 30.2 Å². The summed E-state index contributed by atoms with van der Waals surface area (Å²) in [6, 6.07) is 1.59. The molecule has 0 atom stereocenters. The molecule has 2 heterocycles. The van der Waals surface area contributed by atoms with Crippen LogP contribution >= 0.6 is 0 Å². The van der Waals surface area contributed by atoms with Gasteiger partial charge in [0.25, 0.3) is 5.91 Å². The van der Waals surface area contributed by atoms with Gasteiger partial charge in [-0.3, -0.25) is 9.59 Å². The quantitative estimate of drug-likeness (QED) is 0.782. The fourth-order valence-corrected chi connectivity index (χ4v) is 1.76. The van der Waals surface area contributed by atoms with Crippen molar-refractivity contribution in [2.75, 3.05) is 19.6 Å². The van der Waals surface area contributed by atoms with E-state index in [4.69, 9.17) is 4.52 Å². The molecule has 96 valence electrons. The minimum absolute atomic E-state index is 0.0460. The molecule has 6 nitrogen and oxygen atoms in total. The molecule has 18 heavy (non-hydrogen) atoms. The van der Waals surface area contributed by atoms with Gasteiger partial charge in [-0.05, 0) is 6.92 Å². The van der Waals surface area contributed by atoms with Crippen LogP contribution in [-0.4, -0.2) is 41.5 Å². The summed E-state index contributed by atoms with van der Waals surface area (Å²) in [5.41, 5.74) is 0.289. The standard InChI is InChI=1S/C12H15N3O3/c1-3-4-13-11(16)9-6-15(7-9)12(17)10-5-8(2)18-14-10/h3,5,9H,1,4,6-7H2,2H3,(H,13,16). The molecule has 0 aromatic carbocycles. The predicted octanol–water partition coefficient (Wildman–Crippen LogP) is 0.357. The lowest BCUT2D eigenvalue weighted by Crippen LogP contribution is -2.55. The molecular formula is C12H15N3O3. The number of amides is 2. The number of hydrogen-bond donors (Lipinski definition) is 1. The van der Waals surface area contributed by atoms with Crippen molar-refractivity contribution in [1.82, 2.24) is 15.4 Å². The molecule has 6 heteroatoms. The van der Waals surface area contributed by atoms with E-state index in [1.807, 2.05) is 0 Å². The average molecular weight is 249 g/mol. The Morgan fingerprint density at radius 3 is 2.94 bits per heavy atom. The van der Waals surface area contributed by atoms with E-state index in [1.54, 1.807) is 24.0 Å². The van der Waals surface area contributed by atoms with Crippen molar-refractivity contribution < 1.29 is 14.1 Å². The number of aromatic nitrogens is 1. The van der Waals surface area contributed by atoms with E-state index in [9.17, 15) is 9.59 Å². The molecule has 0 bridgehead atoms. The average Bonchev–Trinajstić information content (AvgIpc) is 2.71. The molecule has 1 aromatic rings. The fourth-order valence-electron chi connectivity index (χ4n) is 1.76. The molecule has 1 aromatic heterocycles. The maximum Gasteiger partial charge on any atom is 0.276 e. The molecule has 1 fully saturated rings. The van der Waals surface area contributed by atoms with E-state index in [-0.39, 0.29) is 23.4 Å². The van der Waals surface area contributed by atoms with E-state index < -0.39 is 0 Å². The maximum absolute atomic E-state index is 11.9. The van der Waals surface area contributed by atoms with Gasteiger partial charge < -0.3 is 14.7 Å². The van der Waals surface area contributed by atoms with Crippen LogP contribution in [-0.2, 0) is 4.79 Å². The summed E-state index contributed by atoms with van der Waals surface area (Å²) in [7, 11) is 0. The van der Waals surface area contributed by atoms with Gasteiger partial charge in [0, 0.05) is 25.7 Å². The van der Waals surface area contributed by atoms with Crippen molar-refractivity contribution in [2.24, 2.45) is 5.92 Å². The SMILES string of the molecule is C=CCNC(=O)C1CN(C(=O)c2cc(C)on2)C1. The van der Waals surface area contributed by atoms with Crippen LogP contribution in [0.4, 0.5) is 0 Å². The Bertz CT molecular complexity index is 475. The Morgan fingerprint density at radius 2 is 2.39 bits per heavy atom. The molecule has 2 rings (SSSR count). The first kappa shape index (κ1) is 12.3. The van der Waals surface area contributed by atoms with Gasteiger partial charge in [-0.25, -0.2) is 0 Å². The summed E-state index contributed by atoms with van der Waals surface area (Å²) in [6.07, 6.45) is 1.62. The highest BCUT2D eigenvalue weighted by atomic mass is 16.5. The number of carbonyl (C=O) groups excluding carboxylic acids is 2. The smallest absolute Gasteiger partial charge is 0.276 e. The molecule has 0 aliphatic carbocycles. The minimum atomic E-state index is -0.195. The second-order valence-corrected chi connectivity index (χ2v) is 4.26. The maximum atomic E-state index is 11.9. The summed E-state index contributed by atoms with van der Waals surface area (Å²) < 4.78 is 4.84. The van der Waals surface area contributed by atoms with Gasteiger partial charge in [-0.2, -0.15) is 0 Å². The highest BCUT2D eigenvalue weighted by molar-refractivity contribution is 5.94. The van der Waals surface area contributed by atoms with E-state index in [0.29, 0.717) is 25.4 Å². The second kappa shape index (κ2) is 5.03. The normalized spacial score (nSPS) is 15.1. The summed E-state index contributed by atoms with van der Waals surface area (Å²) in [5.74, 6) is 0.218. The topological polar surface area (TPSA) is 75.4 Å². The van der Waals surface area contributed by atoms with Gasteiger partial charge >= 0.3 is 0 Å². The van der Waals surface area contributed by atoms with E-state index in [1.165, 1.54) is 0 Å². The third kappa shape index (κ3) is 2.42. The minimum Gasteiger partial charge on any atom is -0.361 e. The van der Waals surface area contributed by atoms with Crippen LogP contribution in [0, 0.1) is 12.8 Å². The van der Waals surface area contributed by atoms with Gasteiger partial charge in [0.1, 0.15) is 5.76 Å². The zero-order valence-electron chi connectivity index (χ0n) is 10.2. The zero-order valence-corrected chi connectivity index (χ0v) is 10.2. The highest BCUT2D eigenvalue weighted by Crippen LogP contribution is 2.18. The first-order valence-electron chi connectivity index (χ1n) is 5.73. The second-order valence-electron chi connectivity index (χ2n) is 4.26. The molecule has 1 aliphatic heterocycles. The van der Waals surface area contributed by atoms with E-state index in [0.717, 1.165) is 0 Å². The molecule has 0 radical (unpaired) electrons. The van der Waals surface area contributed by atoms with Crippen LogP contribution in [0.25, 0.3) is 0 Å². The molecule has 0 unspecified atom stereocenters. The van der Waals surface area contributed by atoms with Crippen LogP contribution in [0.2, 0.25) is 0 Å². The number of likely N-dealkylation sites (tertiary alicyclic amines) is 1. The van der Waals surface area contributed by atoms with Crippen LogP contribution < -0.4 is 5.32 Å². The molecule has 1 N–H and O–H groups in total. The lowest BCUT2D eigenvalue weighted by Gasteiger charge is -2.37. The van der Waals surface area contributed by atoms with Gasteiger partial charge in [0.2, 0.25) is 5.91 Å². The lowest BCUT2D eigenvalue weighted by atomic mass is 9.98. The third-order valence-electron chi connectivity index (χ3n) is 2.81. The van der Waals surface area contributed by atoms with E-state index >= 15 is 0 Å². The number of nitrogens with zero attached hydrogens (tertiary/aromatic N) is 2. The molecular weight excluding hydrogens is 234 g/mol. The summed E-state index contributed by atoms with van der Waals surface area (Å²) in [4.78, 5) is 25.0. The van der Waals surface area contributed by atoms with E-state index in [2.05, 4.69) is 17.1 Å². The monoisotopic (exact) mass is 249 g/mol. The first-order valence-corrected chi connectivity index (χ1v) is 5.73. The van der Waals surface area contributed by atoms with Crippen LogP contribution in [0.5, 0.6) is 0 Å². The van der Waals surface area contributed by atoms with Crippen molar-refractivity contribution in [2.45, 2.75) is 6.92 Å². The predicted molar refractivity (Wildman–Crippen MR) is 63.8 cm³/mol. The Labute approximate surface area is 105 Å². The van der Waals surface area contributed by atoms with Crippen molar-refractivity contribution in [3.63, 3.8) is 0 Å².